The summed E-state index contributed by atoms with van der Waals surface area (Å²) < 4.78 is 1.84. The van der Waals surface area contributed by atoms with Crippen molar-refractivity contribution in [3.63, 3.8) is 0 Å². The molecule has 1 atom stereocenters. The normalized spacial score (nSPS) is 11.6. The lowest BCUT2D eigenvalue weighted by Crippen LogP contribution is -2.28. The fourth-order valence-corrected chi connectivity index (χ4v) is 3.95. The maximum atomic E-state index is 12.5. The molecule has 2 amide bonds. The number of carbonyl (C=O) groups is 2. The predicted octanol–water partition coefficient (Wildman–Crippen LogP) is 4.65. The molecule has 0 aliphatic carbocycles. The first-order valence-electron chi connectivity index (χ1n) is 9.98. The van der Waals surface area contributed by atoms with E-state index in [4.69, 9.17) is 11.6 Å². The number of benzene rings is 2. The van der Waals surface area contributed by atoms with Gasteiger partial charge in [-0.25, -0.2) is 0 Å². The first-order valence-corrected chi connectivity index (χ1v) is 11.3. The molecule has 7 nitrogen and oxygen atoms in total. The fraction of sp³-hybridized carbons (Fsp3) is 0.217. The highest BCUT2D eigenvalue weighted by molar-refractivity contribution is 7.99. The average Bonchev–Trinajstić information content (AvgIpc) is 3.19. The fourth-order valence-electron chi connectivity index (χ4n) is 3.02. The van der Waals surface area contributed by atoms with Crippen molar-refractivity contribution in [3.8, 4) is 0 Å². The summed E-state index contributed by atoms with van der Waals surface area (Å²) in [6, 6.07) is 14.0. The van der Waals surface area contributed by atoms with Crippen LogP contribution in [0.3, 0.4) is 0 Å². The molecule has 0 bridgehead atoms. The second-order valence-electron chi connectivity index (χ2n) is 7.05. The van der Waals surface area contributed by atoms with Crippen molar-refractivity contribution in [3.05, 3.63) is 83.2 Å². The number of anilines is 1. The molecule has 3 aromatic rings. The molecule has 0 saturated heterocycles. The van der Waals surface area contributed by atoms with Crippen molar-refractivity contribution in [2.45, 2.75) is 31.6 Å². The number of nitrogens with zero attached hydrogens (tertiary/aromatic N) is 3. The molecule has 0 aliphatic heterocycles. The lowest BCUT2D eigenvalue weighted by atomic mass is 10.2. The third-order valence-corrected chi connectivity index (χ3v) is 6.08. The standard InChI is InChI=1S/C23H24ClN5O2S/c1-4-13-29-21(16(3)25-22(31)17-9-6-5-7-10-17)27-28-23(29)32-14-20(30)26-19-12-8-11-18(24)15(19)2/h4-12,16H,1,13-14H2,2-3H3,(H,25,31)(H,26,30)/t16-/m0/s1. The van der Waals surface area contributed by atoms with Gasteiger partial charge in [0.05, 0.1) is 11.8 Å². The quantitative estimate of drug-likeness (QED) is 0.352. The summed E-state index contributed by atoms with van der Waals surface area (Å²) in [5.41, 5.74) is 2.05. The molecule has 0 fully saturated rings. The number of nitrogens with one attached hydrogen (secondary N) is 2. The smallest absolute Gasteiger partial charge is 0.251 e. The van der Waals surface area contributed by atoms with Crippen LogP contribution >= 0.6 is 23.4 Å². The van der Waals surface area contributed by atoms with Gasteiger partial charge in [-0.05, 0) is 43.7 Å². The van der Waals surface area contributed by atoms with Crippen LogP contribution < -0.4 is 10.6 Å². The lowest BCUT2D eigenvalue weighted by molar-refractivity contribution is -0.113. The number of halogens is 1. The van der Waals surface area contributed by atoms with Crippen molar-refractivity contribution in [2.75, 3.05) is 11.1 Å². The maximum Gasteiger partial charge on any atom is 0.251 e. The molecule has 0 radical (unpaired) electrons. The molecule has 1 heterocycles. The number of amides is 2. The summed E-state index contributed by atoms with van der Waals surface area (Å²) >= 11 is 7.38. The van der Waals surface area contributed by atoms with Crippen molar-refractivity contribution in [1.29, 1.82) is 0 Å². The largest absolute Gasteiger partial charge is 0.342 e. The first-order chi connectivity index (χ1) is 15.4. The minimum Gasteiger partial charge on any atom is -0.342 e. The van der Waals surface area contributed by atoms with E-state index in [9.17, 15) is 9.59 Å². The SMILES string of the molecule is C=CCn1c(SCC(=O)Nc2cccc(Cl)c2C)nnc1[C@H](C)NC(=O)c1ccccc1. The van der Waals surface area contributed by atoms with Crippen LogP contribution in [0.25, 0.3) is 0 Å². The molecule has 166 valence electrons. The van der Waals surface area contributed by atoms with E-state index in [1.807, 2.05) is 36.6 Å². The molecule has 0 saturated carbocycles. The van der Waals surface area contributed by atoms with E-state index in [0.29, 0.717) is 33.8 Å². The Balaban J connectivity index is 1.67. The van der Waals surface area contributed by atoms with Crippen molar-refractivity contribution >= 4 is 40.9 Å². The van der Waals surface area contributed by atoms with Gasteiger partial charge in [0.15, 0.2) is 11.0 Å². The molecular formula is C23H24ClN5O2S. The van der Waals surface area contributed by atoms with Gasteiger partial charge in [0.1, 0.15) is 0 Å². The summed E-state index contributed by atoms with van der Waals surface area (Å²) in [6.07, 6.45) is 1.72. The molecule has 0 unspecified atom stereocenters. The number of hydrogen-bond acceptors (Lipinski definition) is 5. The molecule has 32 heavy (non-hydrogen) atoms. The third-order valence-electron chi connectivity index (χ3n) is 4.70. The minimum atomic E-state index is -0.382. The summed E-state index contributed by atoms with van der Waals surface area (Å²) in [4.78, 5) is 24.9. The van der Waals surface area contributed by atoms with E-state index >= 15 is 0 Å². The van der Waals surface area contributed by atoms with Gasteiger partial charge in [0, 0.05) is 22.8 Å². The van der Waals surface area contributed by atoms with E-state index < -0.39 is 0 Å². The summed E-state index contributed by atoms with van der Waals surface area (Å²) in [5.74, 6) is 0.353. The zero-order valence-electron chi connectivity index (χ0n) is 17.8. The van der Waals surface area contributed by atoms with Gasteiger partial charge >= 0.3 is 0 Å². The lowest BCUT2D eigenvalue weighted by Gasteiger charge is -2.15. The van der Waals surface area contributed by atoms with E-state index in [2.05, 4.69) is 27.4 Å². The van der Waals surface area contributed by atoms with E-state index in [0.717, 1.165) is 5.56 Å². The highest BCUT2D eigenvalue weighted by Gasteiger charge is 2.20. The Kier molecular flexibility index (Phi) is 8.08. The van der Waals surface area contributed by atoms with Gasteiger partial charge in [0.2, 0.25) is 5.91 Å². The van der Waals surface area contributed by atoms with Crippen LogP contribution in [0.2, 0.25) is 5.02 Å². The summed E-state index contributed by atoms with van der Waals surface area (Å²) in [6.45, 7) is 7.93. The number of thioether (sulfide) groups is 1. The Labute approximate surface area is 196 Å². The monoisotopic (exact) mass is 469 g/mol. The summed E-state index contributed by atoms with van der Waals surface area (Å²) in [5, 5.41) is 15.4. The zero-order valence-corrected chi connectivity index (χ0v) is 19.4. The third kappa shape index (κ3) is 5.77. The van der Waals surface area contributed by atoms with Crippen molar-refractivity contribution in [2.24, 2.45) is 0 Å². The van der Waals surface area contributed by atoms with Crippen molar-refractivity contribution in [1.82, 2.24) is 20.1 Å². The minimum absolute atomic E-state index is 0.145. The zero-order chi connectivity index (χ0) is 23.1. The topological polar surface area (TPSA) is 88.9 Å². The van der Waals surface area contributed by atoms with Crippen LogP contribution in [-0.4, -0.2) is 32.3 Å². The molecule has 1 aromatic heterocycles. The van der Waals surface area contributed by atoms with Crippen LogP contribution in [-0.2, 0) is 11.3 Å². The second-order valence-corrected chi connectivity index (χ2v) is 8.40. The Morgan fingerprint density at radius 3 is 2.66 bits per heavy atom. The predicted molar refractivity (Wildman–Crippen MR) is 128 cm³/mol. The van der Waals surface area contributed by atoms with Crippen molar-refractivity contribution < 1.29 is 9.59 Å². The van der Waals surface area contributed by atoms with E-state index in [1.165, 1.54) is 11.8 Å². The number of rotatable bonds is 9. The highest BCUT2D eigenvalue weighted by atomic mass is 35.5. The maximum absolute atomic E-state index is 12.5. The van der Waals surface area contributed by atoms with Crippen LogP contribution in [0, 0.1) is 6.92 Å². The average molecular weight is 470 g/mol. The molecular weight excluding hydrogens is 446 g/mol. The van der Waals surface area contributed by atoms with Crippen LogP contribution in [0.1, 0.15) is 34.7 Å². The molecule has 9 heteroatoms. The number of allylic oxidation sites excluding steroid dienone is 1. The molecule has 0 aliphatic rings. The van der Waals surface area contributed by atoms with Gasteiger partial charge < -0.3 is 15.2 Å². The molecule has 2 aromatic carbocycles. The molecule has 0 spiro atoms. The Hall–Kier alpha value is -3.10. The van der Waals surface area contributed by atoms with Crippen LogP contribution in [0.15, 0.2) is 66.3 Å². The highest BCUT2D eigenvalue weighted by Crippen LogP contribution is 2.24. The van der Waals surface area contributed by atoms with Gasteiger partial charge in [-0.1, -0.05) is 53.7 Å². The first kappa shape index (κ1) is 23.6. The van der Waals surface area contributed by atoms with Gasteiger partial charge in [0.25, 0.3) is 5.91 Å². The van der Waals surface area contributed by atoms with Crippen LogP contribution in [0.5, 0.6) is 0 Å². The molecule has 2 N–H and O–H groups in total. The van der Waals surface area contributed by atoms with Gasteiger partial charge in [-0.2, -0.15) is 0 Å². The Bertz CT molecular complexity index is 1120. The number of aromatic nitrogens is 3. The Morgan fingerprint density at radius 1 is 1.19 bits per heavy atom. The van der Waals surface area contributed by atoms with Crippen LogP contribution in [0.4, 0.5) is 5.69 Å². The number of carbonyl (C=O) groups excluding carboxylic acids is 2. The van der Waals surface area contributed by atoms with Gasteiger partial charge in [-0.15, -0.1) is 16.8 Å². The number of hydrogen-bond donors (Lipinski definition) is 2. The Morgan fingerprint density at radius 2 is 1.94 bits per heavy atom. The van der Waals surface area contributed by atoms with Gasteiger partial charge in [-0.3, -0.25) is 9.59 Å². The van der Waals surface area contributed by atoms with E-state index in [-0.39, 0.29) is 23.6 Å². The molecule has 3 rings (SSSR count). The second kappa shape index (κ2) is 11.0. The summed E-state index contributed by atoms with van der Waals surface area (Å²) in [7, 11) is 0. The van der Waals surface area contributed by atoms with E-state index in [1.54, 1.807) is 36.4 Å².